The molecule has 200 valence electrons. The van der Waals surface area contributed by atoms with Crippen molar-refractivity contribution in [2.75, 3.05) is 6.54 Å². The summed E-state index contributed by atoms with van der Waals surface area (Å²) >= 11 is 0. The lowest BCUT2D eigenvalue weighted by molar-refractivity contribution is -0.142. The smallest absolute Gasteiger partial charge is 0.326 e. The molecule has 16 nitrogen and oxygen atoms in total. The highest BCUT2D eigenvalue weighted by atomic mass is 16.4. The summed E-state index contributed by atoms with van der Waals surface area (Å²) in [5, 5.41) is 25.4. The summed E-state index contributed by atoms with van der Waals surface area (Å²) in [6.07, 6.45) is 2.60. The first-order valence-electron chi connectivity index (χ1n) is 11.0. The summed E-state index contributed by atoms with van der Waals surface area (Å²) in [5.41, 5.74) is 16.7. The van der Waals surface area contributed by atoms with E-state index in [1.54, 1.807) is 0 Å². The van der Waals surface area contributed by atoms with Crippen molar-refractivity contribution in [1.29, 1.82) is 0 Å². The van der Waals surface area contributed by atoms with Gasteiger partial charge in [-0.05, 0) is 26.2 Å². The van der Waals surface area contributed by atoms with Crippen molar-refractivity contribution in [1.82, 2.24) is 25.9 Å². The van der Waals surface area contributed by atoms with Gasteiger partial charge in [-0.15, -0.1) is 0 Å². The van der Waals surface area contributed by atoms with Gasteiger partial charge in [0.05, 0.1) is 12.4 Å². The number of aliphatic carboxylic acids is 2. The average molecular weight is 512 g/mol. The van der Waals surface area contributed by atoms with E-state index in [2.05, 4.69) is 30.9 Å². The third-order valence-electron chi connectivity index (χ3n) is 4.93. The Hall–Kier alpha value is -4.21. The number of aromatic amines is 1. The molecule has 0 aliphatic carbocycles. The van der Waals surface area contributed by atoms with E-state index in [4.69, 9.17) is 22.3 Å². The predicted molar refractivity (Wildman–Crippen MR) is 126 cm³/mol. The van der Waals surface area contributed by atoms with Gasteiger partial charge in [-0.1, -0.05) is 0 Å². The molecule has 0 saturated carbocycles. The summed E-state index contributed by atoms with van der Waals surface area (Å²) in [6, 6.07) is -4.75. The van der Waals surface area contributed by atoms with Gasteiger partial charge in [-0.2, -0.15) is 0 Å². The Kier molecular flexibility index (Phi) is 12.4. The molecule has 0 fully saturated rings. The molecule has 16 heteroatoms. The quantitative estimate of drug-likeness (QED) is 0.0603. The van der Waals surface area contributed by atoms with Gasteiger partial charge in [0, 0.05) is 31.3 Å². The normalized spacial score (nSPS) is 13.9. The van der Waals surface area contributed by atoms with Gasteiger partial charge in [-0.25, -0.2) is 9.78 Å². The number of guanidine groups is 1. The van der Waals surface area contributed by atoms with Crippen LogP contribution in [0.3, 0.4) is 0 Å². The summed E-state index contributed by atoms with van der Waals surface area (Å²) in [5.74, 6) is -4.81. The van der Waals surface area contributed by atoms with E-state index in [-0.39, 0.29) is 44.6 Å². The Balaban J connectivity index is 2.84. The molecule has 1 aromatic rings. The van der Waals surface area contributed by atoms with E-state index >= 15 is 0 Å². The minimum absolute atomic E-state index is 0.0591. The van der Waals surface area contributed by atoms with Gasteiger partial charge >= 0.3 is 11.9 Å². The van der Waals surface area contributed by atoms with Crippen LogP contribution in [0.25, 0.3) is 0 Å². The van der Waals surface area contributed by atoms with Crippen LogP contribution in [-0.4, -0.2) is 86.5 Å². The standard InChI is InChI=1S/C20H33N9O7/c1-10(27-17(33)12(21)4-5-15(30)31)16(32)28-13(3-2-6-25-20(22)23)18(34)29-14(19(35)36)7-11-8-24-9-26-11/h8-10,12-14H,2-7,21H2,1H3,(H,24,26)(H,27,33)(H,28,32)(H,29,34)(H,30,31)(H,35,36)(H4,22,23,25). The summed E-state index contributed by atoms with van der Waals surface area (Å²) in [7, 11) is 0. The summed E-state index contributed by atoms with van der Waals surface area (Å²) < 4.78 is 0. The van der Waals surface area contributed by atoms with Gasteiger partial charge in [0.15, 0.2) is 5.96 Å². The van der Waals surface area contributed by atoms with Crippen LogP contribution in [-0.2, 0) is 30.4 Å². The number of hydrogen-bond donors (Lipinski definition) is 9. The second-order valence-corrected chi connectivity index (χ2v) is 7.96. The number of aromatic nitrogens is 2. The monoisotopic (exact) mass is 511 g/mol. The number of carboxylic acids is 2. The van der Waals surface area contributed by atoms with Gasteiger partial charge in [0.25, 0.3) is 0 Å². The Morgan fingerprint density at radius 3 is 2.25 bits per heavy atom. The fourth-order valence-corrected chi connectivity index (χ4v) is 2.95. The maximum atomic E-state index is 12.9. The number of nitrogens with two attached hydrogens (primary N) is 3. The van der Waals surface area contributed by atoms with Crippen molar-refractivity contribution in [3.05, 3.63) is 18.2 Å². The number of hydrogen-bond acceptors (Lipinski definition) is 8. The van der Waals surface area contributed by atoms with Crippen LogP contribution in [0, 0.1) is 0 Å². The predicted octanol–water partition coefficient (Wildman–Crippen LogP) is -3.24. The van der Waals surface area contributed by atoms with Crippen LogP contribution >= 0.6 is 0 Å². The van der Waals surface area contributed by atoms with E-state index in [0.717, 1.165) is 0 Å². The molecule has 0 aliphatic heterocycles. The lowest BCUT2D eigenvalue weighted by Crippen LogP contribution is -2.56. The van der Waals surface area contributed by atoms with Crippen LogP contribution in [0.2, 0.25) is 0 Å². The Morgan fingerprint density at radius 1 is 1.03 bits per heavy atom. The molecule has 3 amide bonds. The number of nitrogens with zero attached hydrogens (tertiary/aromatic N) is 2. The van der Waals surface area contributed by atoms with E-state index in [9.17, 15) is 29.1 Å². The summed E-state index contributed by atoms with van der Waals surface area (Å²) in [6.45, 7) is 1.51. The number of carbonyl (C=O) groups excluding carboxylic acids is 3. The van der Waals surface area contributed by atoms with Crippen LogP contribution in [0.15, 0.2) is 17.5 Å². The van der Waals surface area contributed by atoms with Gasteiger partial charge in [0.2, 0.25) is 17.7 Å². The second kappa shape index (κ2) is 14.9. The number of amides is 3. The molecule has 1 rings (SSSR count). The molecule has 0 aromatic carbocycles. The SMILES string of the molecule is CC(NC(=O)C(N)CCC(=O)O)C(=O)NC(CCCN=C(N)N)C(=O)NC(Cc1cnc[nH]1)C(=O)O. The molecule has 0 saturated heterocycles. The number of H-pyrrole nitrogens is 1. The zero-order valence-corrected chi connectivity index (χ0v) is 19.8. The minimum atomic E-state index is -1.31. The average Bonchev–Trinajstić information content (AvgIpc) is 3.31. The molecule has 4 unspecified atom stereocenters. The second-order valence-electron chi connectivity index (χ2n) is 7.96. The first kappa shape index (κ1) is 29.8. The van der Waals surface area contributed by atoms with E-state index < -0.39 is 53.8 Å². The number of carboxylic acid groups (broad SMARTS) is 2. The molecular weight excluding hydrogens is 478 g/mol. The van der Waals surface area contributed by atoms with Crippen molar-refractivity contribution in [3.63, 3.8) is 0 Å². The molecule has 36 heavy (non-hydrogen) atoms. The van der Waals surface area contributed by atoms with Crippen molar-refractivity contribution >= 4 is 35.6 Å². The fraction of sp³-hybridized carbons (Fsp3) is 0.550. The maximum Gasteiger partial charge on any atom is 0.326 e. The molecule has 0 radical (unpaired) electrons. The number of nitrogens with one attached hydrogen (secondary N) is 4. The highest BCUT2D eigenvalue weighted by Gasteiger charge is 2.29. The van der Waals surface area contributed by atoms with Gasteiger partial charge < -0.3 is 48.3 Å². The molecule has 0 spiro atoms. The third kappa shape index (κ3) is 11.3. The lowest BCUT2D eigenvalue weighted by Gasteiger charge is -2.23. The van der Waals surface area contributed by atoms with Crippen molar-refractivity contribution in [2.45, 2.75) is 63.2 Å². The fourth-order valence-electron chi connectivity index (χ4n) is 2.95. The molecule has 0 aliphatic rings. The van der Waals surface area contributed by atoms with Crippen molar-refractivity contribution in [3.8, 4) is 0 Å². The molecular formula is C20H33N9O7. The largest absolute Gasteiger partial charge is 0.481 e. The summed E-state index contributed by atoms with van der Waals surface area (Å²) in [4.78, 5) is 70.3. The van der Waals surface area contributed by atoms with Crippen LogP contribution in [0.4, 0.5) is 0 Å². The van der Waals surface area contributed by atoms with E-state index in [0.29, 0.717) is 5.69 Å². The zero-order valence-electron chi connectivity index (χ0n) is 19.8. The molecule has 4 atom stereocenters. The third-order valence-corrected chi connectivity index (χ3v) is 4.93. The first-order chi connectivity index (χ1) is 16.9. The highest BCUT2D eigenvalue weighted by molar-refractivity contribution is 5.94. The van der Waals surface area contributed by atoms with Crippen molar-refractivity contribution in [2.24, 2.45) is 22.2 Å². The number of imidazole rings is 1. The Morgan fingerprint density at radius 2 is 1.69 bits per heavy atom. The number of aliphatic imine (C=N–C) groups is 1. The maximum absolute atomic E-state index is 12.9. The van der Waals surface area contributed by atoms with Crippen molar-refractivity contribution < 1.29 is 34.2 Å². The first-order valence-corrected chi connectivity index (χ1v) is 11.0. The van der Waals surface area contributed by atoms with Crippen LogP contribution in [0.5, 0.6) is 0 Å². The topological polar surface area (TPSA) is 281 Å². The van der Waals surface area contributed by atoms with E-state index in [1.807, 2.05) is 0 Å². The molecule has 1 aromatic heterocycles. The highest BCUT2D eigenvalue weighted by Crippen LogP contribution is 2.04. The minimum Gasteiger partial charge on any atom is -0.481 e. The zero-order chi connectivity index (χ0) is 27.3. The molecule has 12 N–H and O–H groups in total. The van der Waals surface area contributed by atoms with Crippen LogP contribution in [0.1, 0.15) is 38.3 Å². The lowest BCUT2D eigenvalue weighted by atomic mass is 10.1. The van der Waals surface area contributed by atoms with Crippen LogP contribution < -0.4 is 33.2 Å². The number of carbonyl (C=O) groups is 5. The van der Waals surface area contributed by atoms with E-state index in [1.165, 1.54) is 19.4 Å². The molecule has 1 heterocycles. The Labute approximate surface area is 206 Å². The Bertz CT molecular complexity index is 932. The van der Waals surface area contributed by atoms with Gasteiger partial charge in [-0.3, -0.25) is 24.2 Å². The molecule has 0 bridgehead atoms. The van der Waals surface area contributed by atoms with Gasteiger partial charge in [0.1, 0.15) is 18.1 Å². The number of rotatable bonds is 16.